The van der Waals surface area contributed by atoms with Crippen molar-refractivity contribution in [3.63, 3.8) is 0 Å². The van der Waals surface area contributed by atoms with Crippen molar-refractivity contribution in [3.05, 3.63) is 54.1 Å². The molecule has 1 saturated heterocycles. The lowest BCUT2D eigenvalue weighted by atomic mass is 10.0. The summed E-state index contributed by atoms with van der Waals surface area (Å²) in [6.07, 6.45) is 0. The molecule has 0 saturated carbocycles. The average Bonchev–Trinajstić information content (AvgIpc) is 2.91. The first-order valence-electron chi connectivity index (χ1n) is 7.61. The molecule has 0 aromatic heterocycles. The van der Waals surface area contributed by atoms with Crippen LogP contribution >= 0.6 is 0 Å². The fraction of sp³-hybridized carbons (Fsp3) is 0.176. The molecule has 1 aliphatic heterocycles. The Morgan fingerprint density at radius 3 is 2.08 bits per heavy atom. The number of nitrogens with zero attached hydrogens (tertiary/aromatic N) is 1. The highest BCUT2D eigenvalue weighted by Crippen LogP contribution is 2.24. The fourth-order valence-corrected chi connectivity index (χ4v) is 3.16. The molecule has 0 spiro atoms. The van der Waals surface area contributed by atoms with Crippen molar-refractivity contribution in [2.75, 3.05) is 10.8 Å². The normalized spacial score (nSPS) is 17.8. The molecule has 25 heavy (non-hydrogen) atoms. The number of benzene rings is 2. The summed E-state index contributed by atoms with van der Waals surface area (Å²) in [6.45, 7) is 1.91. The Morgan fingerprint density at radius 1 is 1.04 bits per heavy atom. The average molecular weight is 359 g/mol. The number of imide groups is 1. The van der Waals surface area contributed by atoms with Crippen molar-refractivity contribution in [1.82, 2.24) is 10.6 Å². The minimum Gasteiger partial charge on any atom is -0.324 e. The maximum absolute atomic E-state index is 11.7. The van der Waals surface area contributed by atoms with Crippen LogP contribution in [0.5, 0.6) is 0 Å². The number of carbonyl (C=O) groups is 2. The Morgan fingerprint density at radius 2 is 1.60 bits per heavy atom. The molecule has 3 rings (SSSR count). The molecule has 130 valence electrons. The number of urea groups is 1. The van der Waals surface area contributed by atoms with E-state index < -0.39 is 29.2 Å². The van der Waals surface area contributed by atoms with E-state index in [1.807, 2.05) is 43.3 Å². The predicted octanol–water partition coefficient (Wildman–Crippen LogP) is 1.81. The molecule has 2 aromatic rings. The van der Waals surface area contributed by atoms with Crippen LogP contribution < -0.4 is 14.9 Å². The van der Waals surface area contributed by atoms with Gasteiger partial charge in [-0.15, -0.1) is 0 Å². The molecule has 7 nitrogen and oxygen atoms in total. The number of hydrogen-bond acceptors (Lipinski definition) is 3. The zero-order valence-corrected chi connectivity index (χ0v) is 14.2. The number of amides is 3. The van der Waals surface area contributed by atoms with Crippen LogP contribution in [0.1, 0.15) is 5.56 Å². The lowest BCUT2D eigenvalue weighted by Gasteiger charge is -2.22. The van der Waals surface area contributed by atoms with Gasteiger partial charge in [0.05, 0.1) is 12.2 Å². The molecule has 1 unspecified atom stereocenters. The number of rotatable bonds is 5. The van der Waals surface area contributed by atoms with Crippen LogP contribution in [0.3, 0.4) is 0 Å². The van der Waals surface area contributed by atoms with Gasteiger partial charge in [-0.3, -0.25) is 19.0 Å². The molecule has 3 amide bonds. The molecule has 0 radical (unpaired) electrons. The number of carbonyl (C=O) groups excluding carboxylic acids is 2. The Hall–Kier alpha value is -2.71. The van der Waals surface area contributed by atoms with Crippen LogP contribution in [-0.2, 0) is 16.1 Å². The van der Waals surface area contributed by atoms with E-state index in [1.165, 1.54) is 5.56 Å². The van der Waals surface area contributed by atoms with E-state index in [1.54, 1.807) is 12.1 Å². The highest BCUT2D eigenvalue weighted by Gasteiger charge is 2.32. The smallest absolute Gasteiger partial charge is 0.322 e. The van der Waals surface area contributed by atoms with Gasteiger partial charge in [0.2, 0.25) is 0 Å². The van der Waals surface area contributed by atoms with Crippen LogP contribution in [0.15, 0.2) is 48.5 Å². The van der Waals surface area contributed by atoms with Crippen LogP contribution in [0.4, 0.5) is 10.5 Å². The molecule has 8 heteroatoms. The number of nitrogens with one attached hydrogen (secondary N) is 2. The van der Waals surface area contributed by atoms with Gasteiger partial charge >= 0.3 is 6.03 Å². The third-order valence-corrected chi connectivity index (χ3v) is 4.67. The molecular weight excluding hydrogens is 342 g/mol. The summed E-state index contributed by atoms with van der Waals surface area (Å²) in [5.41, 5.74) is 3.65. The monoisotopic (exact) mass is 359 g/mol. The molecule has 2 atom stereocenters. The summed E-state index contributed by atoms with van der Waals surface area (Å²) in [7, 11) is 0. The van der Waals surface area contributed by atoms with Crippen molar-refractivity contribution < 1.29 is 18.4 Å². The quantitative estimate of drug-likeness (QED) is 0.560. The van der Waals surface area contributed by atoms with Gasteiger partial charge in [0.1, 0.15) is 6.04 Å². The summed E-state index contributed by atoms with van der Waals surface area (Å²) < 4.78 is 22.4. The molecular formula is C17H17N3O4S. The molecule has 1 fully saturated rings. The lowest BCUT2D eigenvalue weighted by molar-refractivity contribution is -0.119. The largest absolute Gasteiger partial charge is 0.324 e. The third-order valence-electron chi connectivity index (χ3n) is 3.94. The topological polar surface area (TPSA) is 98.7 Å². The van der Waals surface area contributed by atoms with Gasteiger partial charge in [-0.05, 0) is 30.2 Å². The van der Waals surface area contributed by atoms with Crippen LogP contribution in [0, 0.1) is 6.92 Å². The Bertz CT molecular complexity index is 821. The summed E-state index contributed by atoms with van der Waals surface area (Å²) in [5, 5.41) is 4.52. The summed E-state index contributed by atoms with van der Waals surface area (Å²) in [6, 6.07) is 13.7. The van der Waals surface area contributed by atoms with Crippen LogP contribution in [-0.4, -0.2) is 33.3 Å². The van der Waals surface area contributed by atoms with Crippen LogP contribution in [0.2, 0.25) is 0 Å². The SMILES string of the molecule is Cc1ccc(-c2ccc(N(C[C@@H]3NC(=O)NC3=O)S(=O)O)cc2)cc1. The van der Waals surface area contributed by atoms with Crippen molar-refractivity contribution in [2.24, 2.45) is 0 Å². The number of anilines is 1. The van der Waals surface area contributed by atoms with Gasteiger partial charge in [-0.2, -0.15) is 0 Å². The number of aryl methyl sites for hydroxylation is 1. The van der Waals surface area contributed by atoms with Crippen molar-refractivity contribution in [1.29, 1.82) is 0 Å². The van der Waals surface area contributed by atoms with Gasteiger partial charge < -0.3 is 5.32 Å². The highest BCUT2D eigenvalue weighted by molar-refractivity contribution is 7.80. The van der Waals surface area contributed by atoms with E-state index in [4.69, 9.17) is 0 Å². The summed E-state index contributed by atoms with van der Waals surface area (Å²) in [5.74, 6) is -0.517. The van der Waals surface area contributed by atoms with Gasteiger partial charge in [0.25, 0.3) is 17.2 Å². The predicted molar refractivity (Wildman–Crippen MR) is 95.2 cm³/mol. The van der Waals surface area contributed by atoms with E-state index in [0.29, 0.717) is 5.69 Å². The van der Waals surface area contributed by atoms with Gasteiger partial charge in [-0.1, -0.05) is 42.0 Å². The second kappa shape index (κ2) is 7.04. The van der Waals surface area contributed by atoms with E-state index in [2.05, 4.69) is 10.6 Å². The van der Waals surface area contributed by atoms with Gasteiger partial charge in [0.15, 0.2) is 0 Å². The van der Waals surface area contributed by atoms with Crippen molar-refractivity contribution in [2.45, 2.75) is 13.0 Å². The first-order chi connectivity index (χ1) is 11.9. The minimum absolute atomic E-state index is 0.107. The van der Waals surface area contributed by atoms with E-state index in [9.17, 15) is 18.4 Å². The third kappa shape index (κ3) is 3.86. The summed E-state index contributed by atoms with van der Waals surface area (Å²) >= 11 is -2.33. The van der Waals surface area contributed by atoms with Crippen molar-refractivity contribution >= 4 is 28.9 Å². The van der Waals surface area contributed by atoms with E-state index in [0.717, 1.165) is 15.4 Å². The molecule has 1 heterocycles. The fourth-order valence-electron chi connectivity index (χ4n) is 2.58. The minimum atomic E-state index is -2.33. The molecule has 3 N–H and O–H groups in total. The summed E-state index contributed by atoms with van der Waals surface area (Å²) in [4.78, 5) is 22.8. The standard InChI is InChI=1S/C17H17N3O4S/c1-11-2-4-12(5-3-11)13-6-8-14(9-7-13)20(25(23)24)10-15-16(21)19-17(22)18-15/h2-9,15H,10H2,1H3,(H,23,24)(H2,18,19,21,22)/t15-/m0/s1. The zero-order valence-electron chi connectivity index (χ0n) is 13.4. The Labute approximate surface area is 147 Å². The first kappa shape index (κ1) is 17.1. The molecule has 1 aliphatic rings. The zero-order chi connectivity index (χ0) is 18.0. The van der Waals surface area contributed by atoms with Crippen LogP contribution in [0.25, 0.3) is 11.1 Å². The second-order valence-corrected chi connectivity index (χ2v) is 6.62. The maximum atomic E-state index is 11.7. The molecule has 0 bridgehead atoms. The first-order valence-corrected chi connectivity index (χ1v) is 8.67. The number of hydrogen-bond donors (Lipinski definition) is 3. The van der Waals surface area contributed by atoms with Crippen molar-refractivity contribution in [3.8, 4) is 11.1 Å². The Balaban J connectivity index is 1.80. The van der Waals surface area contributed by atoms with E-state index in [-0.39, 0.29) is 6.54 Å². The van der Waals surface area contributed by atoms with Gasteiger partial charge in [0, 0.05) is 0 Å². The molecule has 2 aromatic carbocycles. The lowest BCUT2D eigenvalue weighted by Crippen LogP contribution is -2.42. The maximum Gasteiger partial charge on any atom is 0.322 e. The second-order valence-electron chi connectivity index (χ2n) is 5.72. The van der Waals surface area contributed by atoms with Gasteiger partial charge in [-0.25, -0.2) is 9.00 Å². The Kier molecular flexibility index (Phi) is 4.82. The molecule has 0 aliphatic carbocycles. The van der Waals surface area contributed by atoms with E-state index >= 15 is 0 Å². The highest BCUT2D eigenvalue weighted by atomic mass is 32.2.